The Bertz CT molecular complexity index is 2570. The molecule has 0 radical (unpaired) electrons. The van der Waals surface area contributed by atoms with Gasteiger partial charge in [0, 0.05) is 53.6 Å². The number of non-ortho nitro benzene ring substituents is 2. The molecule has 8 nitrogen and oxygen atoms in total. The van der Waals surface area contributed by atoms with E-state index in [1.807, 2.05) is 24.3 Å². The average Bonchev–Trinajstić information content (AvgIpc) is 3.50. The molecule has 0 aromatic heterocycles. The second-order valence-electron chi connectivity index (χ2n) is 14.8. The van der Waals surface area contributed by atoms with Crippen LogP contribution >= 0.6 is 0 Å². The fourth-order valence-corrected chi connectivity index (χ4v) is 9.11. The third-order valence-corrected chi connectivity index (χ3v) is 11.6. The number of fused-ring (bicyclic) bond motifs is 6. The molecule has 2 heterocycles. The van der Waals surface area contributed by atoms with Crippen molar-refractivity contribution in [3.63, 3.8) is 0 Å². The Morgan fingerprint density at radius 1 is 0.660 bits per heavy atom. The smallest absolute Gasteiger partial charge is 0.269 e. The van der Waals surface area contributed by atoms with Crippen LogP contribution in [0.25, 0.3) is 21.5 Å². The van der Waals surface area contributed by atoms with E-state index in [1.54, 1.807) is 24.3 Å². The standard InChI is InChI=1S/C45H39N4O4/c1-44(28-30-16-22-34(23-17-30)48(50)51)40(46(3)38-26-20-32-10-5-7-12-36(32)42(38)44)14-9-15-41-45(2,29-31-18-24-35(25-19-31)49(52)53)43-37-13-8-6-11-33(37)21-27-39(43)47(41)4/h5-27H,28-29H2,1-4H3/q+1/p+1. The van der Waals surface area contributed by atoms with Gasteiger partial charge in [0.2, 0.25) is 5.69 Å². The number of nitro groups is 2. The normalized spacial score (nSPS) is 21.5. The van der Waals surface area contributed by atoms with Crippen LogP contribution < -0.4 is 4.90 Å². The summed E-state index contributed by atoms with van der Waals surface area (Å²) in [5.41, 5.74) is 8.60. The molecular formula is C45H40N4O4+2. The lowest BCUT2D eigenvalue weighted by atomic mass is 9.72. The number of likely N-dealkylation sites (N-methyl/N-ethyl adjacent to an activating group) is 1. The monoisotopic (exact) mass is 700 g/mol. The number of benzene rings is 6. The van der Waals surface area contributed by atoms with Crippen molar-refractivity contribution in [1.29, 1.82) is 0 Å². The lowest BCUT2D eigenvalue weighted by Crippen LogP contribution is -3.01. The van der Waals surface area contributed by atoms with Crippen LogP contribution in [0.1, 0.15) is 36.1 Å². The van der Waals surface area contributed by atoms with Crippen molar-refractivity contribution in [2.75, 3.05) is 14.1 Å². The number of allylic oxidation sites excluding steroid dienone is 4. The molecule has 0 saturated heterocycles. The third kappa shape index (κ3) is 5.54. The third-order valence-electron chi connectivity index (χ3n) is 11.6. The van der Waals surface area contributed by atoms with Crippen LogP contribution in [0.2, 0.25) is 0 Å². The van der Waals surface area contributed by atoms with Crippen LogP contribution in [0.5, 0.6) is 0 Å². The highest BCUT2D eigenvalue weighted by molar-refractivity contribution is 6.08. The molecule has 0 spiro atoms. The quantitative estimate of drug-likeness (QED) is 0.0976. The first-order valence-electron chi connectivity index (χ1n) is 17.8. The number of hydrogen-bond donors (Lipinski definition) is 1. The van der Waals surface area contributed by atoms with Gasteiger partial charge in [0.05, 0.1) is 27.7 Å². The van der Waals surface area contributed by atoms with E-state index >= 15 is 0 Å². The van der Waals surface area contributed by atoms with Gasteiger partial charge >= 0.3 is 0 Å². The molecule has 8 rings (SSSR count). The van der Waals surface area contributed by atoms with Gasteiger partial charge in [-0.3, -0.25) is 25.1 Å². The number of rotatable bonds is 8. The van der Waals surface area contributed by atoms with Crippen molar-refractivity contribution in [3.05, 3.63) is 188 Å². The Kier molecular flexibility index (Phi) is 8.15. The predicted molar refractivity (Wildman–Crippen MR) is 211 cm³/mol. The Labute approximate surface area is 307 Å². The van der Waals surface area contributed by atoms with Crippen molar-refractivity contribution < 1.29 is 19.3 Å². The summed E-state index contributed by atoms with van der Waals surface area (Å²) >= 11 is 0. The van der Waals surface area contributed by atoms with Crippen LogP contribution in [-0.4, -0.2) is 34.2 Å². The second kappa shape index (κ2) is 12.8. The molecule has 0 fully saturated rings. The lowest BCUT2D eigenvalue weighted by molar-refractivity contribution is -0.764. The largest absolute Gasteiger partial charge is 0.275 e. The van der Waals surface area contributed by atoms with Gasteiger partial charge in [-0.15, -0.1) is 0 Å². The molecule has 3 unspecified atom stereocenters. The van der Waals surface area contributed by atoms with E-state index in [2.05, 4.69) is 124 Å². The summed E-state index contributed by atoms with van der Waals surface area (Å²) in [6, 6.07) is 39.6. The van der Waals surface area contributed by atoms with Crippen molar-refractivity contribution in [2.45, 2.75) is 37.5 Å². The van der Waals surface area contributed by atoms with E-state index in [9.17, 15) is 20.2 Å². The maximum atomic E-state index is 11.5. The fourth-order valence-electron chi connectivity index (χ4n) is 9.11. The molecule has 8 heteroatoms. The molecular weight excluding hydrogens is 661 g/mol. The first-order chi connectivity index (χ1) is 25.5. The van der Waals surface area contributed by atoms with Crippen LogP contribution in [0.4, 0.5) is 22.7 Å². The van der Waals surface area contributed by atoms with E-state index < -0.39 is 10.8 Å². The molecule has 2 aliphatic heterocycles. The zero-order valence-electron chi connectivity index (χ0n) is 30.2. The van der Waals surface area contributed by atoms with Gasteiger partial charge in [0.15, 0.2) is 5.71 Å². The number of hydrogen-bond acceptors (Lipinski definition) is 4. The average molecular weight is 701 g/mol. The zero-order chi connectivity index (χ0) is 37.1. The van der Waals surface area contributed by atoms with Crippen molar-refractivity contribution >= 4 is 50.0 Å². The molecule has 53 heavy (non-hydrogen) atoms. The number of nitro benzene ring substituents is 2. The zero-order valence-corrected chi connectivity index (χ0v) is 30.2. The van der Waals surface area contributed by atoms with E-state index in [-0.39, 0.29) is 21.2 Å². The molecule has 6 aromatic rings. The maximum absolute atomic E-state index is 11.5. The summed E-state index contributed by atoms with van der Waals surface area (Å²) in [6.45, 7) is 4.58. The van der Waals surface area contributed by atoms with Gasteiger partial charge in [-0.05, 0) is 77.6 Å². The van der Waals surface area contributed by atoms with Gasteiger partial charge in [-0.1, -0.05) is 78.9 Å². The molecule has 0 bridgehead atoms. The summed E-state index contributed by atoms with van der Waals surface area (Å²) in [7, 11) is 4.32. The lowest BCUT2D eigenvalue weighted by Gasteiger charge is -2.26. The van der Waals surface area contributed by atoms with Crippen molar-refractivity contribution in [2.24, 2.45) is 0 Å². The molecule has 0 saturated carbocycles. The van der Waals surface area contributed by atoms with E-state index in [1.165, 1.54) is 49.0 Å². The van der Waals surface area contributed by atoms with Gasteiger partial charge in [-0.2, -0.15) is 4.58 Å². The highest BCUT2D eigenvalue weighted by atomic mass is 16.6. The molecule has 3 atom stereocenters. The van der Waals surface area contributed by atoms with Crippen LogP contribution in [-0.2, 0) is 23.7 Å². The SMILES string of the molecule is C[N+]1=C(/C=C/C=C2\[NH+](C)c3ccc4ccccc4c3C2(C)Cc2ccc([N+](=O)[O-])cc2)C(C)(Cc2ccc([N+](=O)[O-])cc2)c2c1ccc1ccccc21. The fraction of sp³-hybridized carbons (Fsp3) is 0.178. The van der Waals surface area contributed by atoms with E-state index in [0.29, 0.717) is 12.8 Å². The predicted octanol–water partition coefficient (Wildman–Crippen LogP) is 8.84. The molecule has 6 aromatic carbocycles. The molecule has 0 aliphatic carbocycles. The van der Waals surface area contributed by atoms with Crippen molar-refractivity contribution in [1.82, 2.24) is 0 Å². The minimum atomic E-state index is -0.439. The summed E-state index contributed by atoms with van der Waals surface area (Å²) in [5, 5.41) is 27.7. The number of quaternary nitrogens is 1. The van der Waals surface area contributed by atoms with Crippen molar-refractivity contribution in [3.8, 4) is 0 Å². The second-order valence-corrected chi connectivity index (χ2v) is 14.8. The Balaban J connectivity index is 1.25. The summed E-state index contributed by atoms with van der Waals surface area (Å²) in [6.07, 6.45) is 7.99. The Morgan fingerprint density at radius 2 is 1.17 bits per heavy atom. The molecule has 1 N–H and O–H groups in total. The van der Waals surface area contributed by atoms with Gasteiger partial charge in [0.25, 0.3) is 11.4 Å². The van der Waals surface area contributed by atoms with Crippen LogP contribution in [0.15, 0.2) is 145 Å². The minimum Gasteiger partial charge on any atom is -0.275 e. The number of nitrogens with one attached hydrogen (secondary N) is 1. The number of nitrogens with zero attached hydrogens (tertiary/aromatic N) is 3. The van der Waals surface area contributed by atoms with Gasteiger partial charge in [0.1, 0.15) is 18.4 Å². The highest BCUT2D eigenvalue weighted by Gasteiger charge is 2.49. The van der Waals surface area contributed by atoms with Gasteiger partial charge in [-0.25, -0.2) is 0 Å². The summed E-state index contributed by atoms with van der Waals surface area (Å²) in [5.74, 6) is 0. The molecule has 2 aliphatic rings. The van der Waals surface area contributed by atoms with Gasteiger partial charge < -0.3 is 0 Å². The molecule has 0 amide bonds. The minimum absolute atomic E-state index is 0.0812. The van der Waals surface area contributed by atoms with Crippen LogP contribution in [0, 0.1) is 20.2 Å². The topological polar surface area (TPSA) is 93.7 Å². The van der Waals surface area contributed by atoms with Crippen LogP contribution in [0.3, 0.4) is 0 Å². The Morgan fingerprint density at radius 3 is 1.74 bits per heavy atom. The maximum Gasteiger partial charge on any atom is 0.269 e. The summed E-state index contributed by atoms with van der Waals surface area (Å²) < 4.78 is 2.28. The molecule has 262 valence electrons. The summed E-state index contributed by atoms with van der Waals surface area (Å²) in [4.78, 5) is 23.4. The Hall–Kier alpha value is -6.25. The first kappa shape index (κ1) is 33.9. The van der Waals surface area contributed by atoms with E-state index in [0.717, 1.165) is 22.5 Å². The van der Waals surface area contributed by atoms with E-state index in [4.69, 9.17) is 0 Å². The first-order valence-corrected chi connectivity index (χ1v) is 17.8. The highest BCUT2D eigenvalue weighted by Crippen LogP contribution is 2.47.